The highest BCUT2D eigenvalue weighted by Crippen LogP contribution is 2.33. The third-order valence-corrected chi connectivity index (χ3v) is 6.69. The summed E-state index contributed by atoms with van der Waals surface area (Å²) in [6, 6.07) is 16.1. The van der Waals surface area contributed by atoms with Crippen molar-refractivity contribution in [2.45, 2.75) is 84.7 Å². The van der Waals surface area contributed by atoms with Crippen molar-refractivity contribution in [2.75, 3.05) is 6.61 Å². The van der Waals surface area contributed by atoms with E-state index in [0.29, 0.717) is 0 Å². The Labute approximate surface area is 211 Å². The minimum atomic E-state index is -0.252. The second kappa shape index (κ2) is 14.5. The molecule has 4 nitrogen and oxygen atoms in total. The van der Waals surface area contributed by atoms with Gasteiger partial charge in [-0.3, -0.25) is 4.99 Å². The standard InChI is InChI=1S/C31H41NO3/c1-4-6-7-8-9-10-11-12-21-34-28-19-13-25(14-20-28)23-32-27-17-15-26(16-18-27)29-22-30(33)35-31(29)24(3)5-2/h13-20,22-24,31H,4-12,21H2,1-3H3. The Morgan fingerprint density at radius 1 is 0.914 bits per heavy atom. The Morgan fingerprint density at radius 2 is 1.57 bits per heavy atom. The summed E-state index contributed by atoms with van der Waals surface area (Å²) in [6.45, 7) is 7.26. The summed E-state index contributed by atoms with van der Waals surface area (Å²) in [5.74, 6) is 0.946. The fourth-order valence-electron chi connectivity index (χ4n) is 4.28. The molecule has 0 bridgehead atoms. The molecular weight excluding hydrogens is 434 g/mol. The van der Waals surface area contributed by atoms with Crippen LogP contribution in [0, 0.1) is 5.92 Å². The van der Waals surface area contributed by atoms with Gasteiger partial charge >= 0.3 is 5.97 Å². The summed E-state index contributed by atoms with van der Waals surface area (Å²) in [5.41, 5.74) is 3.87. The molecule has 3 rings (SSSR count). The molecule has 0 saturated heterocycles. The molecule has 2 aromatic rings. The van der Waals surface area contributed by atoms with Crippen LogP contribution in [0.15, 0.2) is 59.6 Å². The molecule has 0 amide bonds. The van der Waals surface area contributed by atoms with Crippen LogP contribution in [0.25, 0.3) is 5.57 Å². The van der Waals surface area contributed by atoms with Crippen molar-refractivity contribution in [1.29, 1.82) is 0 Å². The first-order valence-electron chi connectivity index (χ1n) is 13.4. The lowest BCUT2D eigenvalue weighted by Crippen LogP contribution is -2.20. The van der Waals surface area contributed by atoms with E-state index in [1.165, 1.54) is 44.9 Å². The Hall–Kier alpha value is -2.88. The molecule has 2 aromatic carbocycles. The highest BCUT2D eigenvalue weighted by atomic mass is 16.5. The molecule has 0 aromatic heterocycles. The molecule has 0 radical (unpaired) electrons. The number of cyclic esters (lactones) is 1. The van der Waals surface area contributed by atoms with Crippen LogP contribution in [0.4, 0.5) is 5.69 Å². The van der Waals surface area contributed by atoms with Gasteiger partial charge in [-0.25, -0.2) is 4.79 Å². The maximum absolute atomic E-state index is 11.8. The lowest BCUT2D eigenvalue weighted by Gasteiger charge is -2.20. The summed E-state index contributed by atoms with van der Waals surface area (Å²) >= 11 is 0. The SMILES string of the molecule is CCCCCCCCCCOc1ccc(C=Nc2ccc(C3=CC(=O)OC3C(C)CC)cc2)cc1. The molecule has 1 heterocycles. The quantitative estimate of drug-likeness (QED) is 0.148. The number of ether oxygens (including phenoxy) is 2. The molecule has 0 N–H and O–H groups in total. The summed E-state index contributed by atoms with van der Waals surface area (Å²) in [5, 5.41) is 0. The van der Waals surface area contributed by atoms with Gasteiger partial charge in [0.15, 0.2) is 0 Å². The Balaban J connectivity index is 1.43. The highest BCUT2D eigenvalue weighted by Gasteiger charge is 2.30. The number of hydrogen-bond acceptors (Lipinski definition) is 4. The van der Waals surface area contributed by atoms with Gasteiger partial charge in [-0.05, 0) is 66.3 Å². The summed E-state index contributed by atoms with van der Waals surface area (Å²) in [4.78, 5) is 16.4. The van der Waals surface area contributed by atoms with Crippen molar-refractivity contribution in [2.24, 2.45) is 10.9 Å². The number of nitrogens with zero attached hydrogens (tertiary/aromatic N) is 1. The van der Waals surface area contributed by atoms with Crippen molar-refractivity contribution in [3.8, 4) is 5.75 Å². The third kappa shape index (κ3) is 8.69. The number of benzene rings is 2. The Morgan fingerprint density at radius 3 is 2.23 bits per heavy atom. The number of aliphatic imine (C=N–C) groups is 1. The van der Waals surface area contributed by atoms with Crippen LogP contribution < -0.4 is 4.74 Å². The van der Waals surface area contributed by atoms with E-state index in [1.54, 1.807) is 6.08 Å². The van der Waals surface area contributed by atoms with Gasteiger partial charge in [0.2, 0.25) is 0 Å². The number of hydrogen-bond donors (Lipinski definition) is 0. The van der Waals surface area contributed by atoms with E-state index in [-0.39, 0.29) is 18.0 Å². The van der Waals surface area contributed by atoms with Gasteiger partial charge in [-0.2, -0.15) is 0 Å². The second-order valence-electron chi connectivity index (χ2n) is 9.54. The van der Waals surface area contributed by atoms with Gasteiger partial charge in [-0.1, -0.05) is 77.8 Å². The van der Waals surface area contributed by atoms with Crippen molar-refractivity contribution < 1.29 is 14.3 Å². The molecule has 2 unspecified atom stereocenters. The molecule has 0 spiro atoms. The molecule has 1 aliphatic rings. The summed E-state index contributed by atoms with van der Waals surface area (Å²) in [7, 11) is 0. The monoisotopic (exact) mass is 475 g/mol. The molecule has 4 heteroatoms. The first kappa shape index (κ1) is 26.7. The first-order valence-corrected chi connectivity index (χ1v) is 13.4. The van der Waals surface area contributed by atoms with Crippen LogP contribution in [-0.2, 0) is 9.53 Å². The molecule has 2 atom stereocenters. The van der Waals surface area contributed by atoms with Gasteiger partial charge in [0.05, 0.1) is 12.3 Å². The lowest BCUT2D eigenvalue weighted by atomic mass is 9.91. The number of esters is 1. The minimum Gasteiger partial charge on any atom is -0.494 e. The van der Waals surface area contributed by atoms with Crippen molar-refractivity contribution in [3.05, 3.63) is 65.7 Å². The fourth-order valence-corrected chi connectivity index (χ4v) is 4.28. The average Bonchev–Trinajstić information content (AvgIpc) is 3.28. The Kier molecular flexibility index (Phi) is 11.1. The number of carbonyl (C=O) groups is 1. The zero-order valence-corrected chi connectivity index (χ0v) is 21.7. The van der Waals surface area contributed by atoms with E-state index in [9.17, 15) is 4.79 Å². The van der Waals surface area contributed by atoms with Crippen molar-refractivity contribution in [3.63, 3.8) is 0 Å². The van der Waals surface area contributed by atoms with E-state index in [2.05, 4.69) is 25.8 Å². The molecular formula is C31H41NO3. The van der Waals surface area contributed by atoms with Crippen LogP contribution in [0.3, 0.4) is 0 Å². The number of unbranched alkanes of at least 4 members (excludes halogenated alkanes) is 7. The predicted octanol–water partition coefficient (Wildman–Crippen LogP) is 8.31. The number of rotatable bonds is 15. The van der Waals surface area contributed by atoms with Gasteiger partial charge < -0.3 is 9.47 Å². The highest BCUT2D eigenvalue weighted by molar-refractivity contribution is 5.97. The zero-order valence-electron chi connectivity index (χ0n) is 21.7. The van der Waals surface area contributed by atoms with E-state index >= 15 is 0 Å². The van der Waals surface area contributed by atoms with Gasteiger partial charge in [-0.15, -0.1) is 0 Å². The van der Waals surface area contributed by atoms with Gasteiger partial charge in [0.25, 0.3) is 0 Å². The molecule has 188 valence electrons. The minimum absolute atomic E-state index is 0.168. The van der Waals surface area contributed by atoms with Crippen LogP contribution in [0.2, 0.25) is 0 Å². The van der Waals surface area contributed by atoms with Crippen LogP contribution in [0.1, 0.15) is 89.7 Å². The normalized spacial score (nSPS) is 16.4. The van der Waals surface area contributed by atoms with E-state index in [0.717, 1.165) is 47.6 Å². The molecule has 1 aliphatic heterocycles. The van der Waals surface area contributed by atoms with E-state index in [1.807, 2.05) is 54.7 Å². The van der Waals surface area contributed by atoms with Crippen LogP contribution >= 0.6 is 0 Å². The summed E-state index contributed by atoms with van der Waals surface area (Å²) < 4.78 is 11.4. The van der Waals surface area contributed by atoms with Gasteiger partial charge in [0.1, 0.15) is 11.9 Å². The Bertz CT molecular complexity index is 960. The maximum atomic E-state index is 11.8. The lowest BCUT2D eigenvalue weighted by molar-refractivity contribution is -0.140. The third-order valence-electron chi connectivity index (χ3n) is 6.69. The summed E-state index contributed by atoms with van der Waals surface area (Å²) in [6.07, 6.45) is 14.7. The van der Waals surface area contributed by atoms with E-state index in [4.69, 9.17) is 9.47 Å². The first-order chi connectivity index (χ1) is 17.1. The molecule has 0 saturated carbocycles. The topological polar surface area (TPSA) is 47.9 Å². The second-order valence-corrected chi connectivity index (χ2v) is 9.54. The van der Waals surface area contributed by atoms with Crippen molar-refractivity contribution in [1.82, 2.24) is 0 Å². The molecule has 0 fully saturated rings. The largest absolute Gasteiger partial charge is 0.494 e. The zero-order chi connectivity index (χ0) is 24.9. The molecule has 35 heavy (non-hydrogen) atoms. The average molecular weight is 476 g/mol. The van der Waals surface area contributed by atoms with Crippen LogP contribution in [-0.4, -0.2) is 24.9 Å². The van der Waals surface area contributed by atoms with E-state index < -0.39 is 0 Å². The van der Waals surface area contributed by atoms with Crippen molar-refractivity contribution >= 4 is 23.4 Å². The number of carbonyl (C=O) groups excluding carboxylic acids is 1. The molecule has 0 aliphatic carbocycles. The maximum Gasteiger partial charge on any atom is 0.331 e. The predicted molar refractivity (Wildman–Crippen MR) is 146 cm³/mol. The van der Waals surface area contributed by atoms with Crippen LogP contribution in [0.5, 0.6) is 5.75 Å². The van der Waals surface area contributed by atoms with Gasteiger partial charge in [0, 0.05) is 17.9 Å². The fraction of sp³-hybridized carbons (Fsp3) is 0.484. The smallest absolute Gasteiger partial charge is 0.331 e.